The Morgan fingerprint density at radius 2 is 2.12 bits per heavy atom. The Bertz CT molecular complexity index is 506. The van der Waals surface area contributed by atoms with Gasteiger partial charge in [-0.05, 0) is 12.0 Å². The van der Waals surface area contributed by atoms with Crippen LogP contribution in [0.15, 0.2) is 18.6 Å². The maximum atomic E-state index is 6.01. The number of anilines is 1. The molecule has 0 spiro atoms. The SMILES string of the molecule is CC(C)c1ccn(-c2ncnc(N)c2Cl)n1. The van der Waals surface area contributed by atoms with Crippen molar-refractivity contribution in [2.45, 2.75) is 19.8 Å². The molecule has 0 aliphatic carbocycles. The molecule has 2 aromatic rings. The van der Waals surface area contributed by atoms with Crippen LogP contribution in [0.25, 0.3) is 5.82 Å². The molecule has 0 saturated heterocycles. The van der Waals surface area contributed by atoms with Gasteiger partial charge in [0.1, 0.15) is 17.2 Å². The predicted molar refractivity (Wildman–Crippen MR) is 62.7 cm³/mol. The zero-order chi connectivity index (χ0) is 11.7. The average Bonchev–Trinajstić information content (AvgIpc) is 2.71. The molecular weight excluding hydrogens is 226 g/mol. The third-order valence-electron chi connectivity index (χ3n) is 2.22. The lowest BCUT2D eigenvalue weighted by atomic mass is 10.1. The lowest BCUT2D eigenvalue weighted by Gasteiger charge is -2.04. The van der Waals surface area contributed by atoms with Crippen LogP contribution in [-0.2, 0) is 0 Å². The lowest BCUT2D eigenvalue weighted by molar-refractivity contribution is 0.756. The van der Waals surface area contributed by atoms with Crippen LogP contribution in [-0.4, -0.2) is 19.7 Å². The number of nitrogens with zero attached hydrogens (tertiary/aromatic N) is 4. The molecule has 6 heteroatoms. The largest absolute Gasteiger partial charge is 0.382 e. The number of hydrogen-bond acceptors (Lipinski definition) is 4. The number of rotatable bonds is 2. The van der Waals surface area contributed by atoms with Crippen molar-refractivity contribution >= 4 is 17.4 Å². The van der Waals surface area contributed by atoms with E-state index in [0.717, 1.165) is 5.69 Å². The molecule has 0 atom stereocenters. The normalized spacial score (nSPS) is 11.0. The van der Waals surface area contributed by atoms with Gasteiger partial charge in [0, 0.05) is 6.20 Å². The average molecular weight is 238 g/mol. The van der Waals surface area contributed by atoms with E-state index in [0.29, 0.717) is 16.8 Å². The molecule has 0 radical (unpaired) electrons. The fourth-order valence-electron chi connectivity index (χ4n) is 1.30. The van der Waals surface area contributed by atoms with E-state index >= 15 is 0 Å². The Morgan fingerprint density at radius 1 is 1.38 bits per heavy atom. The Balaban J connectivity index is 2.47. The Hall–Kier alpha value is -1.62. The Morgan fingerprint density at radius 3 is 2.75 bits per heavy atom. The van der Waals surface area contributed by atoms with Crippen molar-refractivity contribution in [2.24, 2.45) is 0 Å². The second kappa shape index (κ2) is 4.09. The molecular formula is C10H12ClN5. The monoisotopic (exact) mass is 237 g/mol. The van der Waals surface area contributed by atoms with Gasteiger partial charge in [0.25, 0.3) is 0 Å². The van der Waals surface area contributed by atoms with Crippen LogP contribution in [0.2, 0.25) is 5.02 Å². The summed E-state index contributed by atoms with van der Waals surface area (Å²) in [5.74, 6) is 1.12. The van der Waals surface area contributed by atoms with Crippen molar-refractivity contribution in [3.63, 3.8) is 0 Å². The van der Waals surface area contributed by atoms with Crippen LogP contribution in [0.5, 0.6) is 0 Å². The summed E-state index contributed by atoms with van der Waals surface area (Å²) in [7, 11) is 0. The standard InChI is InChI=1S/C10H12ClN5/c1-6(2)7-3-4-16(15-7)10-8(11)9(12)13-5-14-10/h3-6H,1-2H3,(H2,12,13,14). The second-order valence-corrected chi connectivity index (χ2v) is 4.11. The van der Waals surface area contributed by atoms with E-state index in [9.17, 15) is 0 Å². The molecule has 2 rings (SSSR count). The summed E-state index contributed by atoms with van der Waals surface area (Å²) < 4.78 is 1.61. The van der Waals surface area contributed by atoms with Crippen molar-refractivity contribution in [2.75, 3.05) is 5.73 Å². The van der Waals surface area contributed by atoms with Gasteiger partial charge in [-0.1, -0.05) is 25.4 Å². The summed E-state index contributed by atoms with van der Waals surface area (Å²) in [5.41, 5.74) is 6.58. The molecule has 5 nitrogen and oxygen atoms in total. The first-order valence-electron chi connectivity index (χ1n) is 4.91. The molecule has 0 unspecified atom stereocenters. The van der Waals surface area contributed by atoms with Gasteiger partial charge in [0.2, 0.25) is 0 Å². The van der Waals surface area contributed by atoms with Gasteiger partial charge in [0.05, 0.1) is 5.69 Å². The highest BCUT2D eigenvalue weighted by molar-refractivity contribution is 6.34. The van der Waals surface area contributed by atoms with E-state index in [2.05, 4.69) is 28.9 Å². The lowest BCUT2D eigenvalue weighted by Crippen LogP contribution is -2.04. The fourth-order valence-corrected chi connectivity index (χ4v) is 1.48. The number of nitrogen functional groups attached to an aromatic ring is 1. The van der Waals surface area contributed by atoms with Crippen molar-refractivity contribution in [3.05, 3.63) is 29.3 Å². The molecule has 0 aromatic carbocycles. The maximum absolute atomic E-state index is 6.01. The molecule has 2 aromatic heterocycles. The van der Waals surface area contributed by atoms with Crippen LogP contribution >= 0.6 is 11.6 Å². The molecule has 2 N–H and O–H groups in total. The molecule has 0 saturated carbocycles. The second-order valence-electron chi connectivity index (χ2n) is 3.74. The van der Waals surface area contributed by atoms with Gasteiger partial charge in [-0.2, -0.15) is 5.10 Å². The van der Waals surface area contributed by atoms with E-state index in [-0.39, 0.29) is 5.82 Å². The predicted octanol–water partition coefficient (Wildman–Crippen LogP) is 2.02. The smallest absolute Gasteiger partial charge is 0.177 e. The van der Waals surface area contributed by atoms with Gasteiger partial charge in [-0.15, -0.1) is 0 Å². The fraction of sp³-hybridized carbons (Fsp3) is 0.300. The molecule has 16 heavy (non-hydrogen) atoms. The topological polar surface area (TPSA) is 69.6 Å². The number of halogens is 1. The van der Waals surface area contributed by atoms with Crippen LogP contribution < -0.4 is 5.73 Å². The van der Waals surface area contributed by atoms with Gasteiger partial charge in [0.15, 0.2) is 5.82 Å². The third-order valence-corrected chi connectivity index (χ3v) is 2.58. The zero-order valence-corrected chi connectivity index (χ0v) is 9.81. The summed E-state index contributed by atoms with van der Waals surface area (Å²) in [6.45, 7) is 4.14. The number of nitrogens with two attached hydrogens (primary N) is 1. The van der Waals surface area contributed by atoms with Crippen LogP contribution in [0.1, 0.15) is 25.5 Å². The highest BCUT2D eigenvalue weighted by Crippen LogP contribution is 2.22. The van der Waals surface area contributed by atoms with Gasteiger partial charge >= 0.3 is 0 Å². The molecule has 0 amide bonds. The number of hydrogen-bond donors (Lipinski definition) is 1. The first-order chi connectivity index (χ1) is 7.59. The van der Waals surface area contributed by atoms with Crippen LogP contribution in [0.3, 0.4) is 0 Å². The Kier molecular flexibility index (Phi) is 2.78. The van der Waals surface area contributed by atoms with Crippen molar-refractivity contribution < 1.29 is 0 Å². The molecule has 84 valence electrons. The summed E-state index contributed by atoms with van der Waals surface area (Å²) in [6, 6.07) is 1.93. The van der Waals surface area contributed by atoms with E-state index in [1.807, 2.05) is 12.3 Å². The first kappa shape index (κ1) is 10.9. The van der Waals surface area contributed by atoms with Crippen molar-refractivity contribution in [1.29, 1.82) is 0 Å². The minimum absolute atomic E-state index is 0.258. The molecule has 0 fully saturated rings. The first-order valence-corrected chi connectivity index (χ1v) is 5.29. The van der Waals surface area contributed by atoms with Crippen molar-refractivity contribution in [3.8, 4) is 5.82 Å². The van der Waals surface area contributed by atoms with Crippen LogP contribution in [0, 0.1) is 0 Å². The highest BCUT2D eigenvalue weighted by atomic mass is 35.5. The van der Waals surface area contributed by atoms with Gasteiger partial charge < -0.3 is 5.73 Å². The van der Waals surface area contributed by atoms with Gasteiger partial charge in [-0.3, -0.25) is 0 Å². The summed E-state index contributed by atoms with van der Waals surface area (Å²) >= 11 is 6.01. The minimum atomic E-state index is 0.258. The molecule has 0 bridgehead atoms. The van der Waals surface area contributed by atoms with E-state index < -0.39 is 0 Å². The van der Waals surface area contributed by atoms with E-state index in [4.69, 9.17) is 17.3 Å². The van der Waals surface area contributed by atoms with E-state index in [1.165, 1.54) is 6.33 Å². The Labute approximate surface area is 98.3 Å². The summed E-state index contributed by atoms with van der Waals surface area (Å²) in [4.78, 5) is 7.86. The molecule has 0 aliphatic heterocycles. The highest BCUT2D eigenvalue weighted by Gasteiger charge is 2.11. The summed E-state index contributed by atoms with van der Waals surface area (Å²) in [5, 5.41) is 4.69. The molecule has 0 aliphatic rings. The summed E-state index contributed by atoms with van der Waals surface area (Å²) in [6.07, 6.45) is 3.18. The van der Waals surface area contributed by atoms with E-state index in [1.54, 1.807) is 4.68 Å². The van der Waals surface area contributed by atoms with Crippen molar-refractivity contribution in [1.82, 2.24) is 19.7 Å². The maximum Gasteiger partial charge on any atom is 0.177 e. The molecule has 2 heterocycles. The third kappa shape index (κ3) is 1.86. The zero-order valence-electron chi connectivity index (χ0n) is 9.05. The number of aromatic nitrogens is 4. The van der Waals surface area contributed by atoms with Crippen LogP contribution in [0.4, 0.5) is 5.82 Å². The van der Waals surface area contributed by atoms with Gasteiger partial charge in [-0.25, -0.2) is 14.6 Å². The minimum Gasteiger partial charge on any atom is -0.382 e. The quantitative estimate of drug-likeness (QED) is 0.868.